The largest absolute Gasteiger partial charge is 0.353 e. The molecule has 1 aliphatic rings. The SMILES string of the molecule is CCCC1CC1NC(=NC)N(C)Cc1cc(Cl)cn1C. The van der Waals surface area contributed by atoms with Crippen LogP contribution in [0.15, 0.2) is 17.3 Å². The average molecular weight is 297 g/mol. The van der Waals surface area contributed by atoms with E-state index >= 15 is 0 Å². The highest BCUT2D eigenvalue weighted by Gasteiger charge is 2.37. The Bertz CT molecular complexity index is 480. The number of aromatic nitrogens is 1. The van der Waals surface area contributed by atoms with Gasteiger partial charge in [-0.15, -0.1) is 0 Å². The second kappa shape index (κ2) is 6.53. The second-order valence-electron chi connectivity index (χ2n) is 5.70. The number of aliphatic imine (C=N–C) groups is 1. The minimum absolute atomic E-state index is 0.605. The molecule has 2 atom stereocenters. The highest BCUT2D eigenvalue weighted by molar-refractivity contribution is 6.30. The highest BCUT2D eigenvalue weighted by Crippen LogP contribution is 2.34. The van der Waals surface area contributed by atoms with E-state index in [4.69, 9.17) is 11.6 Å². The fourth-order valence-electron chi connectivity index (χ4n) is 2.67. The van der Waals surface area contributed by atoms with Crippen LogP contribution in [0.4, 0.5) is 0 Å². The Hall–Kier alpha value is -1.16. The van der Waals surface area contributed by atoms with Crippen molar-refractivity contribution in [1.29, 1.82) is 0 Å². The van der Waals surface area contributed by atoms with Gasteiger partial charge in [0.2, 0.25) is 0 Å². The summed E-state index contributed by atoms with van der Waals surface area (Å²) < 4.78 is 2.06. The predicted octanol–water partition coefficient (Wildman–Crippen LogP) is 2.87. The number of hydrogen-bond acceptors (Lipinski definition) is 1. The summed E-state index contributed by atoms with van der Waals surface area (Å²) in [5.74, 6) is 1.79. The van der Waals surface area contributed by atoms with Gasteiger partial charge in [-0.1, -0.05) is 24.9 Å². The first kappa shape index (κ1) is 15.2. The van der Waals surface area contributed by atoms with E-state index < -0.39 is 0 Å². The third kappa shape index (κ3) is 3.69. The van der Waals surface area contributed by atoms with Crippen molar-refractivity contribution in [2.24, 2.45) is 18.0 Å². The lowest BCUT2D eigenvalue weighted by atomic mass is 10.2. The lowest BCUT2D eigenvalue weighted by Gasteiger charge is -2.22. The molecule has 1 saturated carbocycles. The third-order valence-corrected chi connectivity index (χ3v) is 4.15. The van der Waals surface area contributed by atoms with Crippen LogP contribution < -0.4 is 5.32 Å². The van der Waals surface area contributed by atoms with Crippen LogP contribution in [0.5, 0.6) is 0 Å². The van der Waals surface area contributed by atoms with Crippen molar-refractivity contribution in [2.45, 2.75) is 38.8 Å². The van der Waals surface area contributed by atoms with Gasteiger partial charge in [-0.05, 0) is 24.8 Å². The van der Waals surface area contributed by atoms with E-state index in [2.05, 4.69) is 33.7 Å². The van der Waals surface area contributed by atoms with Crippen molar-refractivity contribution in [3.05, 3.63) is 23.0 Å². The molecule has 4 nitrogen and oxygen atoms in total. The van der Waals surface area contributed by atoms with Gasteiger partial charge in [0.1, 0.15) is 0 Å². The maximum atomic E-state index is 6.03. The number of nitrogens with zero attached hydrogens (tertiary/aromatic N) is 3. The first-order valence-corrected chi connectivity index (χ1v) is 7.68. The molecule has 1 aliphatic carbocycles. The summed E-state index contributed by atoms with van der Waals surface area (Å²) in [5, 5.41) is 4.34. The third-order valence-electron chi connectivity index (χ3n) is 3.94. The summed E-state index contributed by atoms with van der Waals surface area (Å²) in [6.45, 7) is 3.05. The van der Waals surface area contributed by atoms with Gasteiger partial charge in [0, 0.05) is 39.1 Å². The van der Waals surface area contributed by atoms with Crippen LogP contribution in [0.25, 0.3) is 0 Å². The number of guanidine groups is 1. The van der Waals surface area contributed by atoms with E-state index in [-0.39, 0.29) is 0 Å². The van der Waals surface area contributed by atoms with Gasteiger partial charge < -0.3 is 14.8 Å². The van der Waals surface area contributed by atoms with Crippen LogP contribution in [-0.4, -0.2) is 35.6 Å². The van der Waals surface area contributed by atoms with Crippen molar-refractivity contribution >= 4 is 17.6 Å². The summed E-state index contributed by atoms with van der Waals surface area (Å²) >= 11 is 6.03. The zero-order valence-corrected chi connectivity index (χ0v) is 13.6. The molecule has 1 fully saturated rings. The Morgan fingerprint density at radius 2 is 2.35 bits per heavy atom. The molecule has 2 rings (SSSR count). The molecule has 20 heavy (non-hydrogen) atoms. The minimum atomic E-state index is 0.605. The van der Waals surface area contributed by atoms with Gasteiger partial charge in [0.15, 0.2) is 5.96 Å². The minimum Gasteiger partial charge on any atom is -0.353 e. The zero-order valence-electron chi connectivity index (χ0n) is 12.9. The van der Waals surface area contributed by atoms with Crippen LogP contribution in [0, 0.1) is 5.92 Å². The maximum Gasteiger partial charge on any atom is 0.193 e. The molecule has 5 heteroatoms. The first-order chi connectivity index (χ1) is 9.55. The van der Waals surface area contributed by atoms with E-state index in [9.17, 15) is 0 Å². The first-order valence-electron chi connectivity index (χ1n) is 7.30. The molecule has 0 spiro atoms. The van der Waals surface area contributed by atoms with Crippen LogP contribution in [0.2, 0.25) is 5.02 Å². The van der Waals surface area contributed by atoms with E-state index in [1.54, 1.807) is 0 Å². The molecular formula is C15H25ClN4. The quantitative estimate of drug-likeness (QED) is 0.669. The lowest BCUT2D eigenvalue weighted by molar-refractivity contribution is 0.458. The number of halogens is 1. The molecule has 2 unspecified atom stereocenters. The van der Waals surface area contributed by atoms with Crippen LogP contribution in [0.3, 0.4) is 0 Å². The number of nitrogens with one attached hydrogen (secondary N) is 1. The van der Waals surface area contributed by atoms with Crippen LogP contribution >= 0.6 is 11.6 Å². The summed E-state index contributed by atoms with van der Waals surface area (Å²) in [7, 11) is 5.92. The molecule has 112 valence electrons. The summed E-state index contributed by atoms with van der Waals surface area (Å²) in [5.41, 5.74) is 1.18. The summed E-state index contributed by atoms with van der Waals surface area (Å²) in [6, 6.07) is 2.61. The Kier molecular flexibility index (Phi) is 4.97. The van der Waals surface area contributed by atoms with Crippen molar-refractivity contribution < 1.29 is 0 Å². The van der Waals surface area contributed by atoms with E-state index in [0.29, 0.717) is 6.04 Å². The summed E-state index contributed by atoms with van der Waals surface area (Å²) in [4.78, 5) is 6.53. The topological polar surface area (TPSA) is 32.6 Å². The monoisotopic (exact) mass is 296 g/mol. The highest BCUT2D eigenvalue weighted by atomic mass is 35.5. The fourth-order valence-corrected chi connectivity index (χ4v) is 2.94. The molecule has 1 aromatic rings. The molecule has 0 amide bonds. The van der Waals surface area contributed by atoms with E-state index in [1.807, 2.05) is 26.4 Å². The Morgan fingerprint density at radius 1 is 1.60 bits per heavy atom. The van der Waals surface area contributed by atoms with Gasteiger partial charge in [-0.3, -0.25) is 4.99 Å². The van der Waals surface area contributed by atoms with E-state index in [0.717, 1.165) is 23.4 Å². The van der Waals surface area contributed by atoms with Crippen molar-refractivity contribution in [1.82, 2.24) is 14.8 Å². The number of aryl methyl sites for hydroxylation is 1. The number of hydrogen-bond donors (Lipinski definition) is 1. The van der Waals surface area contributed by atoms with Crippen LogP contribution in [-0.2, 0) is 13.6 Å². The van der Waals surface area contributed by atoms with E-state index in [1.165, 1.54) is 25.0 Å². The normalized spacial score (nSPS) is 21.9. The zero-order chi connectivity index (χ0) is 14.7. The van der Waals surface area contributed by atoms with Crippen molar-refractivity contribution in [3.63, 3.8) is 0 Å². The van der Waals surface area contributed by atoms with Gasteiger partial charge >= 0.3 is 0 Å². The van der Waals surface area contributed by atoms with Crippen molar-refractivity contribution in [2.75, 3.05) is 14.1 Å². The van der Waals surface area contributed by atoms with Crippen LogP contribution in [0.1, 0.15) is 31.9 Å². The predicted molar refractivity (Wildman–Crippen MR) is 85.2 cm³/mol. The maximum absolute atomic E-state index is 6.03. The molecule has 0 aliphatic heterocycles. The molecule has 1 heterocycles. The molecule has 0 aromatic carbocycles. The fraction of sp³-hybridized carbons (Fsp3) is 0.667. The lowest BCUT2D eigenvalue weighted by Crippen LogP contribution is -2.40. The van der Waals surface area contributed by atoms with Gasteiger partial charge in [-0.25, -0.2) is 0 Å². The van der Waals surface area contributed by atoms with Gasteiger partial charge in [-0.2, -0.15) is 0 Å². The molecule has 0 saturated heterocycles. The molecule has 1 N–H and O–H groups in total. The van der Waals surface area contributed by atoms with Gasteiger partial charge in [0.25, 0.3) is 0 Å². The second-order valence-corrected chi connectivity index (χ2v) is 6.14. The smallest absolute Gasteiger partial charge is 0.193 e. The molecule has 0 bridgehead atoms. The Balaban J connectivity index is 1.90. The Labute approximate surface area is 126 Å². The average Bonchev–Trinajstić information content (AvgIpc) is 3.05. The van der Waals surface area contributed by atoms with Crippen molar-refractivity contribution in [3.8, 4) is 0 Å². The van der Waals surface area contributed by atoms with Gasteiger partial charge in [0.05, 0.1) is 11.6 Å². The molecular weight excluding hydrogens is 272 g/mol. The summed E-state index contributed by atoms with van der Waals surface area (Å²) in [6.07, 6.45) is 5.78. The standard InChI is InChI=1S/C15H25ClN4/c1-5-6-11-7-14(11)18-15(17-2)20(4)10-13-8-12(16)9-19(13)3/h8-9,11,14H,5-7,10H2,1-4H3,(H,17,18). The molecule has 0 radical (unpaired) electrons. The Morgan fingerprint density at radius 3 is 2.90 bits per heavy atom. The molecule has 1 aromatic heterocycles. The number of rotatable bonds is 5.